The molecule has 0 aliphatic heterocycles. The van der Waals surface area contributed by atoms with Crippen LogP contribution in [0.1, 0.15) is 12.2 Å². The molecule has 0 saturated carbocycles. The second-order valence-electron chi connectivity index (χ2n) is 2.84. The molecule has 0 fully saturated rings. The van der Waals surface area contributed by atoms with E-state index in [2.05, 4.69) is 4.98 Å². The maximum absolute atomic E-state index is 10.7. The molecule has 1 unspecified atom stereocenters. The molecular formula is C8H14N2OS. The van der Waals surface area contributed by atoms with Gasteiger partial charge in [-0.05, 0) is 6.42 Å². The van der Waals surface area contributed by atoms with Crippen molar-refractivity contribution in [2.75, 3.05) is 12.0 Å². The Morgan fingerprint density at radius 1 is 1.67 bits per heavy atom. The Morgan fingerprint density at radius 2 is 2.42 bits per heavy atom. The predicted octanol–water partition coefficient (Wildman–Crippen LogP) is 0.731. The second-order valence-corrected chi connectivity index (χ2v) is 4.39. The molecule has 0 radical (unpaired) electrons. The van der Waals surface area contributed by atoms with Crippen LogP contribution in [0.15, 0.2) is 12.4 Å². The van der Waals surface area contributed by atoms with Gasteiger partial charge in [0.25, 0.3) is 0 Å². The summed E-state index contributed by atoms with van der Waals surface area (Å²) in [6.45, 7) is 0. The molecule has 1 aromatic heterocycles. The third kappa shape index (κ3) is 2.77. The van der Waals surface area contributed by atoms with Gasteiger partial charge in [0.2, 0.25) is 0 Å². The first kappa shape index (κ1) is 9.45. The maximum atomic E-state index is 10.7. The van der Waals surface area contributed by atoms with Crippen molar-refractivity contribution in [1.82, 2.24) is 9.55 Å². The van der Waals surface area contributed by atoms with Crippen molar-refractivity contribution in [2.24, 2.45) is 7.05 Å². The fourth-order valence-corrected chi connectivity index (χ4v) is 1.62. The molecule has 4 heteroatoms. The topological polar surface area (TPSA) is 34.9 Å². The van der Waals surface area contributed by atoms with Gasteiger partial charge >= 0.3 is 0 Å². The minimum atomic E-state index is -0.671. The van der Waals surface area contributed by atoms with E-state index in [1.54, 1.807) is 12.5 Å². The van der Waals surface area contributed by atoms with E-state index in [0.29, 0.717) is 0 Å². The van der Waals surface area contributed by atoms with Crippen molar-refractivity contribution in [2.45, 2.75) is 12.8 Å². The molecule has 1 rings (SSSR count). The Hall–Kier alpha value is -0.640. The van der Waals surface area contributed by atoms with Crippen molar-refractivity contribution < 1.29 is 4.21 Å². The molecule has 1 atom stereocenters. The van der Waals surface area contributed by atoms with Gasteiger partial charge in [0, 0.05) is 48.7 Å². The summed E-state index contributed by atoms with van der Waals surface area (Å²) in [5.74, 6) is 1.84. The lowest BCUT2D eigenvalue weighted by molar-refractivity contribution is 0.681. The highest BCUT2D eigenvalue weighted by Crippen LogP contribution is 1.99. The summed E-state index contributed by atoms with van der Waals surface area (Å²) in [7, 11) is 1.31. The smallest absolute Gasteiger partial charge is 0.108 e. The minimum Gasteiger partial charge on any atom is -0.338 e. The molecule has 0 aliphatic rings. The summed E-state index contributed by atoms with van der Waals surface area (Å²) in [6.07, 6.45) is 7.33. The molecule has 0 amide bonds. The van der Waals surface area contributed by atoms with Gasteiger partial charge in [0.1, 0.15) is 5.82 Å². The number of nitrogens with zero attached hydrogens (tertiary/aromatic N) is 2. The average Bonchev–Trinajstić information content (AvgIpc) is 2.36. The molecule has 0 bridgehead atoms. The van der Waals surface area contributed by atoms with Crippen molar-refractivity contribution >= 4 is 10.8 Å². The molecule has 0 spiro atoms. The molecule has 1 heterocycles. The molecule has 68 valence electrons. The Morgan fingerprint density at radius 3 is 2.92 bits per heavy atom. The highest BCUT2D eigenvalue weighted by molar-refractivity contribution is 7.84. The second kappa shape index (κ2) is 4.40. The first-order valence-corrected chi connectivity index (χ1v) is 5.69. The third-order valence-corrected chi connectivity index (χ3v) is 2.62. The van der Waals surface area contributed by atoms with Crippen LogP contribution in [-0.2, 0) is 24.3 Å². The number of hydrogen-bond acceptors (Lipinski definition) is 2. The van der Waals surface area contributed by atoms with Crippen molar-refractivity contribution in [3.05, 3.63) is 18.2 Å². The van der Waals surface area contributed by atoms with Crippen LogP contribution in [0, 0.1) is 0 Å². The summed E-state index contributed by atoms with van der Waals surface area (Å²) in [4.78, 5) is 4.18. The highest BCUT2D eigenvalue weighted by atomic mass is 32.2. The number of aryl methyl sites for hydroxylation is 2. The maximum Gasteiger partial charge on any atom is 0.108 e. The van der Waals surface area contributed by atoms with Gasteiger partial charge < -0.3 is 4.57 Å². The standard InChI is InChI=1S/C8H14N2OS/c1-10-6-5-9-8(10)4-3-7-12(2)11/h5-6H,3-4,7H2,1-2H3. The summed E-state index contributed by atoms with van der Waals surface area (Å²) in [5.41, 5.74) is 0. The fraction of sp³-hybridized carbons (Fsp3) is 0.625. The van der Waals surface area contributed by atoms with E-state index in [4.69, 9.17) is 0 Å². The number of hydrogen-bond donors (Lipinski definition) is 0. The monoisotopic (exact) mass is 186 g/mol. The summed E-state index contributed by atoms with van der Waals surface area (Å²) in [5, 5.41) is 0. The number of rotatable bonds is 4. The van der Waals surface area contributed by atoms with Gasteiger partial charge in [-0.15, -0.1) is 0 Å². The Labute approximate surface area is 75.3 Å². The Bertz CT molecular complexity index is 270. The Kier molecular flexibility index (Phi) is 3.47. The minimum absolute atomic E-state index is 0.671. The summed E-state index contributed by atoms with van der Waals surface area (Å²) in [6, 6.07) is 0. The fourth-order valence-electron chi connectivity index (χ4n) is 1.07. The van der Waals surface area contributed by atoms with E-state index < -0.39 is 10.8 Å². The van der Waals surface area contributed by atoms with Crippen LogP contribution in [-0.4, -0.2) is 25.8 Å². The molecule has 0 aliphatic carbocycles. The molecule has 12 heavy (non-hydrogen) atoms. The van der Waals surface area contributed by atoms with Crippen LogP contribution >= 0.6 is 0 Å². The molecule has 1 aromatic rings. The number of aromatic nitrogens is 2. The van der Waals surface area contributed by atoms with Gasteiger partial charge in [0.05, 0.1) is 0 Å². The van der Waals surface area contributed by atoms with Crippen LogP contribution in [0.3, 0.4) is 0 Å². The van der Waals surface area contributed by atoms with E-state index in [-0.39, 0.29) is 0 Å². The van der Waals surface area contributed by atoms with Crippen molar-refractivity contribution in [1.29, 1.82) is 0 Å². The van der Waals surface area contributed by atoms with E-state index >= 15 is 0 Å². The quantitative estimate of drug-likeness (QED) is 0.695. The van der Waals surface area contributed by atoms with E-state index in [1.165, 1.54) is 0 Å². The molecule has 0 aromatic carbocycles. The van der Waals surface area contributed by atoms with E-state index in [9.17, 15) is 4.21 Å². The van der Waals surface area contributed by atoms with Gasteiger partial charge in [-0.25, -0.2) is 4.98 Å². The zero-order valence-corrected chi connectivity index (χ0v) is 8.30. The summed E-state index contributed by atoms with van der Waals surface area (Å²) < 4.78 is 12.7. The highest BCUT2D eigenvalue weighted by Gasteiger charge is 1.98. The normalized spacial score (nSPS) is 13.2. The molecule has 3 nitrogen and oxygen atoms in total. The Balaban J connectivity index is 2.33. The SMILES string of the molecule is Cn1ccnc1CCCS(C)=O. The van der Waals surface area contributed by atoms with Crippen LogP contribution < -0.4 is 0 Å². The van der Waals surface area contributed by atoms with Crippen LogP contribution in [0.25, 0.3) is 0 Å². The predicted molar refractivity (Wildman–Crippen MR) is 50.5 cm³/mol. The van der Waals surface area contributed by atoms with Crippen LogP contribution in [0.4, 0.5) is 0 Å². The lowest BCUT2D eigenvalue weighted by Gasteiger charge is -1.99. The van der Waals surface area contributed by atoms with Crippen molar-refractivity contribution in [3.8, 4) is 0 Å². The third-order valence-electron chi connectivity index (χ3n) is 1.75. The first-order valence-electron chi connectivity index (χ1n) is 3.96. The largest absolute Gasteiger partial charge is 0.338 e. The molecule has 0 N–H and O–H groups in total. The van der Waals surface area contributed by atoms with Gasteiger partial charge in [-0.2, -0.15) is 0 Å². The van der Waals surface area contributed by atoms with E-state index in [0.717, 1.165) is 24.4 Å². The zero-order chi connectivity index (χ0) is 8.97. The van der Waals surface area contributed by atoms with Gasteiger partial charge in [0.15, 0.2) is 0 Å². The van der Waals surface area contributed by atoms with Crippen LogP contribution in [0.5, 0.6) is 0 Å². The molecular weight excluding hydrogens is 172 g/mol. The summed E-state index contributed by atoms with van der Waals surface area (Å²) >= 11 is 0. The molecule has 0 saturated heterocycles. The zero-order valence-electron chi connectivity index (χ0n) is 7.49. The lowest BCUT2D eigenvalue weighted by Crippen LogP contribution is -2.01. The lowest BCUT2D eigenvalue weighted by atomic mass is 10.3. The average molecular weight is 186 g/mol. The van der Waals surface area contributed by atoms with Gasteiger partial charge in [-0.3, -0.25) is 4.21 Å². The van der Waals surface area contributed by atoms with Gasteiger partial charge in [-0.1, -0.05) is 0 Å². The van der Waals surface area contributed by atoms with Crippen molar-refractivity contribution in [3.63, 3.8) is 0 Å². The number of imidazole rings is 1. The van der Waals surface area contributed by atoms with E-state index in [1.807, 2.05) is 17.8 Å². The first-order chi connectivity index (χ1) is 5.70. The van der Waals surface area contributed by atoms with Crippen LogP contribution in [0.2, 0.25) is 0 Å².